The number of aliphatic hydroxyl groups is 1. The van der Waals surface area contributed by atoms with Crippen LogP contribution in [0.5, 0.6) is 0 Å². The Kier molecular flexibility index (Phi) is 4.52. The molecule has 0 unspecified atom stereocenters. The second kappa shape index (κ2) is 6.97. The predicted octanol–water partition coefficient (Wildman–Crippen LogP) is 2.53. The van der Waals surface area contributed by atoms with Crippen LogP contribution >= 0.6 is 0 Å². The predicted molar refractivity (Wildman–Crippen MR) is 91.3 cm³/mol. The van der Waals surface area contributed by atoms with Gasteiger partial charge in [0, 0.05) is 18.7 Å². The molecule has 3 heterocycles. The van der Waals surface area contributed by atoms with Crippen molar-refractivity contribution < 1.29 is 13.9 Å². The molecule has 0 radical (unpaired) electrons. The van der Waals surface area contributed by atoms with Crippen molar-refractivity contribution in [1.82, 2.24) is 24.9 Å². The molecular weight excluding hydrogens is 337 g/mol. The van der Waals surface area contributed by atoms with Gasteiger partial charge in [0.15, 0.2) is 0 Å². The fraction of sp³-hybridized carbons (Fsp3) is 0.389. The van der Waals surface area contributed by atoms with Gasteiger partial charge in [-0.15, -0.1) is 10.2 Å². The van der Waals surface area contributed by atoms with E-state index in [0.29, 0.717) is 36.9 Å². The van der Waals surface area contributed by atoms with Gasteiger partial charge >= 0.3 is 0 Å². The number of hydrogen-bond donors (Lipinski definition) is 1. The summed E-state index contributed by atoms with van der Waals surface area (Å²) in [6.45, 7) is 4.69. The van der Waals surface area contributed by atoms with Crippen LogP contribution in [0.2, 0.25) is 0 Å². The number of hydrogen-bond acceptors (Lipinski definition) is 6. The molecule has 7 nitrogen and oxygen atoms in total. The second-order valence-corrected chi connectivity index (χ2v) is 6.43. The average Bonchev–Trinajstić information content (AvgIpc) is 3.27. The van der Waals surface area contributed by atoms with E-state index in [0.717, 1.165) is 24.5 Å². The number of aromatic nitrogens is 4. The van der Waals surface area contributed by atoms with Gasteiger partial charge in [-0.25, -0.2) is 4.39 Å². The lowest BCUT2D eigenvalue weighted by Crippen LogP contribution is -2.33. The summed E-state index contributed by atoms with van der Waals surface area (Å²) in [7, 11) is 0. The maximum absolute atomic E-state index is 13.3. The first-order valence-corrected chi connectivity index (χ1v) is 8.67. The van der Waals surface area contributed by atoms with Crippen molar-refractivity contribution in [3.63, 3.8) is 0 Å². The summed E-state index contributed by atoms with van der Waals surface area (Å²) >= 11 is 0. The molecule has 0 saturated heterocycles. The molecule has 0 fully saturated rings. The van der Waals surface area contributed by atoms with Crippen LogP contribution in [0.1, 0.15) is 36.7 Å². The summed E-state index contributed by atoms with van der Waals surface area (Å²) in [6, 6.07) is 8.05. The van der Waals surface area contributed by atoms with Crippen LogP contribution in [0, 0.1) is 5.82 Å². The largest absolute Gasteiger partial charge is 0.419 e. The molecule has 136 valence electrons. The van der Waals surface area contributed by atoms with Crippen LogP contribution in [0.4, 0.5) is 4.39 Å². The highest BCUT2D eigenvalue weighted by Crippen LogP contribution is 2.22. The number of aliphatic hydroxyl groups excluding tert-OH is 1. The maximum Gasteiger partial charge on any atom is 0.247 e. The molecule has 1 aromatic carbocycles. The Morgan fingerprint density at radius 2 is 2.15 bits per heavy atom. The molecule has 8 heteroatoms. The van der Waals surface area contributed by atoms with Gasteiger partial charge < -0.3 is 9.52 Å². The molecule has 0 amide bonds. The van der Waals surface area contributed by atoms with E-state index < -0.39 is 6.10 Å². The van der Waals surface area contributed by atoms with E-state index in [1.807, 2.05) is 17.7 Å². The fourth-order valence-electron chi connectivity index (χ4n) is 3.10. The second-order valence-electron chi connectivity index (χ2n) is 6.43. The number of halogens is 1. The third-order valence-corrected chi connectivity index (χ3v) is 4.52. The summed E-state index contributed by atoms with van der Waals surface area (Å²) in [5.74, 6) is 0.470. The molecule has 1 aliphatic rings. The summed E-state index contributed by atoms with van der Waals surface area (Å²) < 4.78 is 21.0. The SMILES string of the molecule is CC[C@@H](O)c1cc2n(n1)CCN(Cc1nnc(-c3cccc(F)c3)o1)C2. The first-order valence-electron chi connectivity index (χ1n) is 8.67. The number of rotatable bonds is 5. The minimum absolute atomic E-state index is 0.315. The zero-order chi connectivity index (χ0) is 18.1. The quantitative estimate of drug-likeness (QED) is 0.756. The van der Waals surface area contributed by atoms with Crippen LogP contribution in [0.3, 0.4) is 0 Å². The summed E-state index contributed by atoms with van der Waals surface area (Å²) in [5, 5.41) is 22.5. The Hall–Kier alpha value is -2.58. The normalized spacial score (nSPS) is 15.8. The highest BCUT2D eigenvalue weighted by atomic mass is 19.1. The molecule has 4 rings (SSSR count). The standard InChI is InChI=1S/C18H20FN5O2/c1-2-16(25)15-9-14-10-23(6-7-24(14)22-15)11-17-20-21-18(26-17)12-4-3-5-13(19)8-12/h3-5,8-9,16,25H,2,6-7,10-11H2,1H3/t16-/m1/s1. The van der Waals surface area contributed by atoms with Gasteiger partial charge in [0.1, 0.15) is 5.82 Å². The molecule has 1 N–H and O–H groups in total. The first-order chi connectivity index (χ1) is 12.6. The van der Waals surface area contributed by atoms with Gasteiger partial charge in [-0.1, -0.05) is 13.0 Å². The highest BCUT2D eigenvalue weighted by molar-refractivity contribution is 5.52. The van der Waals surface area contributed by atoms with Crippen molar-refractivity contribution in [3.8, 4) is 11.5 Å². The molecule has 3 aromatic rings. The molecule has 26 heavy (non-hydrogen) atoms. The van der Waals surface area contributed by atoms with E-state index in [4.69, 9.17) is 4.42 Å². The van der Waals surface area contributed by atoms with Crippen molar-refractivity contribution in [3.05, 3.63) is 53.4 Å². The maximum atomic E-state index is 13.3. The number of nitrogens with zero attached hydrogens (tertiary/aromatic N) is 5. The van der Waals surface area contributed by atoms with Gasteiger partial charge in [0.05, 0.1) is 30.6 Å². The smallest absolute Gasteiger partial charge is 0.247 e. The van der Waals surface area contributed by atoms with Crippen molar-refractivity contribution >= 4 is 0 Å². The molecule has 0 bridgehead atoms. The fourth-order valence-corrected chi connectivity index (χ4v) is 3.10. The van der Waals surface area contributed by atoms with Crippen LogP contribution in [0.25, 0.3) is 11.5 Å². The Labute approximate surface area is 150 Å². The lowest BCUT2D eigenvalue weighted by molar-refractivity contribution is 0.165. The zero-order valence-electron chi connectivity index (χ0n) is 14.5. The molecule has 0 spiro atoms. The summed E-state index contributed by atoms with van der Waals surface area (Å²) in [5.41, 5.74) is 2.35. The molecule has 2 aromatic heterocycles. The number of benzene rings is 1. The lowest BCUT2D eigenvalue weighted by atomic mass is 10.2. The minimum Gasteiger partial charge on any atom is -0.419 e. The minimum atomic E-state index is -0.522. The zero-order valence-corrected chi connectivity index (χ0v) is 14.5. The third kappa shape index (κ3) is 3.38. The van der Waals surface area contributed by atoms with Crippen LogP contribution < -0.4 is 0 Å². The third-order valence-electron chi connectivity index (χ3n) is 4.52. The molecule has 1 aliphatic heterocycles. The summed E-state index contributed by atoms with van der Waals surface area (Å²) in [6.07, 6.45) is 0.122. The van der Waals surface area contributed by atoms with Gasteiger partial charge in [0.2, 0.25) is 11.8 Å². The summed E-state index contributed by atoms with van der Waals surface area (Å²) in [4.78, 5) is 2.18. The van der Waals surface area contributed by atoms with Gasteiger partial charge in [-0.2, -0.15) is 5.10 Å². The van der Waals surface area contributed by atoms with Crippen molar-refractivity contribution in [2.24, 2.45) is 0 Å². The van der Waals surface area contributed by atoms with Gasteiger partial charge in [0.25, 0.3) is 0 Å². The van der Waals surface area contributed by atoms with E-state index in [2.05, 4.69) is 20.2 Å². The molecular formula is C18H20FN5O2. The monoisotopic (exact) mass is 357 g/mol. The Balaban J connectivity index is 1.45. The van der Waals surface area contributed by atoms with Gasteiger partial charge in [-0.3, -0.25) is 9.58 Å². The molecule has 0 aliphatic carbocycles. The Bertz CT molecular complexity index is 907. The Morgan fingerprint density at radius 1 is 1.27 bits per heavy atom. The van der Waals surface area contributed by atoms with Crippen molar-refractivity contribution in [2.45, 2.75) is 39.1 Å². The van der Waals surface area contributed by atoms with E-state index >= 15 is 0 Å². The van der Waals surface area contributed by atoms with E-state index in [1.165, 1.54) is 12.1 Å². The van der Waals surface area contributed by atoms with Gasteiger partial charge in [-0.05, 0) is 30.7 Å². The van der Waals surface area contributed by atoms with E-state index in [1.54, 1.807) is 12.1 Å². The van der Waals surface area contributed by atoms with Crippen LogP contribution in [0.15, 0.2) is 34.7 Å². The van der Waals surface area contributed by atoms with E-state index in [-0.39, 0.29) is 5.82 Å². The van der Waals surface area contributed by atoms with Crippen molar-refractivity contribution in [1.29, 1.82) is 0 Å². The first kappa shape index (κ1) is 16.9. The van der Waals surface area contributed by atoms with Crippen molar-refractivity contribution in [2.75, 3.05) is 6.54 Å². The van der Waals surface area contributed by atoms with Crippen LogP contribution in [-0.4, -0.2) is 36.5 Å². The number of fused-ring (bicyclic) bond motifs is 1. The van der Waals surface area contributed by atoms with Crippen LogP contribution in [-0.2, 0) is 19.6 Å². The Morgan fingerprint density at radius 3 is 2.96 bits per heavy atom. The topological polar surface area (TPSA) is 80.2 Å². The average molecular weight is 357 g/mol. The van der Waals surface area contributed by atoms with E-state index in [9.17, 15) is 9.50 Å². The lowest BCUT2D eigenvalue weighted by Gasteiger charge is -2.25. The molecule has 0 saturated carbocycles. The highest BCUT2D eigenvalue weighted by Gasteiger charge is 2.22. The molecule has 1 atom stereocenters.